The highest BCUT2D eigenvalue weighted by Crippen LogP contribution is 2.29. The molecule has 0 fully saturated rings. The third-order valence-electron chi connectivity index (χ3n) is 3.00. The number of benzene rings is 1. The van der Waals surface area contributed by atoms with Gasteiger partial charge in [-0.05, 0) is 24.5 Å². The maximum absolute atomic E-state index is 11.8. The first-order valence-corrected chi connectivity index (χ1v) is 5.85. The van der Waals surface area contributed by atoms with Gasteiger partial charge in [0.05, 0.1) is 12.8 Å². The van der Waals surface area contributed by atoms with Crippen molar-refractivity contribution in [2.24, 2.45) is 0 Å². The molecule has 1 heterocycles. The van der Waals surface area contributed by atoms with Crippen molar-refractivity contribution < 1.29 is 14.3 Å². The predicted octanol–water partition coefficient (Wildman–Crippen LogP) is 1.03. The molecule has 2 rings (SSSR count). The average Bonchev–Trinajstić information content (AvgIpc) is 2.37. The van der Waals surface area contributed by atoms with Gasteiger partial charge in [-0.3, -0.25) is 15.2 Å². The lowest BCUT2D eigenvalue weighted by molar-refractivity contribution is -0.142. The zero-order chi connectivity index (χ0) is 13.1. The van der Waals surface area contributed by atoms with E-state index in [0.29, 0.717) is 6.42 Å². The number of rotatable bonds is 2. The quantitative estimate of drug-likeness (QED) is 0.794. The molecule has 0 aliphatic carbocycles. The van der Waals surface area contributed by atoms with Gasteiger partial charge in [0.15, 0.2) is 0 Å². The Hall–Kier alpha value is -2.04. The lowest BCUT2D eigenvalue weighted by Crippen LogP contribution is -2.54. The smallest absolute Gasteiger partial charge is 0.330 e. The van der Waals surface area contributed by atoms with Crippen LogP contribution >= 0.6 is 0 Å². The highest BCUT2D eigenvalue weighted by atomic mass is 16.5. The van der Waals surface area contributed by atoms with Crippen LogP contribution in [0, 0.1) is 0 Å². The number of hydrogen-bond donors (Lipinski definition) is 1. The molecule has 1 N–H and O–H groups in total. The Morgan fingerprint density at radius 3 is 2.78 bits per heavy atom. The molecule has 96 valence electrons. The van der Waals surface area contributed by atoms with Gasteiger partial charge in [0.1, 0.15) is 6.04 Å². The van der Waals surface area contributed by atoms with Crippen LogP contribution in [0.5, 0.6) is 0 Å². The Kier molecular flexibility index (Phi) is 3.50. The minimum atomic E-state index is -0.464. The summed E-state index contributed by atoms with van der Waals surface area (Å²) in [6.07, 6.45) is 1.43. The molecule has 1 atom stereocenters. The first kappa shape index (κ1) is 12.4. The van der Waals surface area contributed by atoms with Gasteiger partial charge in [-0.25, -0.2) is 4.79 Å². The van der Waals surface area contributed by atoms with Crippen LogP contribution in [0.3, 0.4) is 0 Å². The van der Waals surface area contributed by atoms with E-state index < -0.39 is 6.04 Å². The standard InChI is InChI=1S/C13H16N2O3/c1-9(16)14-15-11-6-4-3-5-10(11)7-8-12(15)13(17)18-2/h3-6,12H,7-8H2,1-2H3,(H,14,16). The Morgan fingerprint density at radius 2 is 2.11 bits per heavy atom. The third-order valence-corrected chi connectivity index (χ3v) is 3.00. The van der Waals surface area contributed by atoms with Crippen molar-refractivity contribution in [3.63, 3.8) is 0 Å². The zero-order valence-corrected chi connectivity index (χ0v) is 10.5. The Labute approximate surface area is 106 Å². The number of fused-ring (bicyclic) bond motifs is 1. The van der Waals surface area contributed by atoms with E-state index in [-0.39, 0.29) is 11.9 Å². The number of carbonyl (C=O) groups excluding carboxylic acids is 2. The van der Waals surface area contributed by atoms with Gasteiger partial charge >= 0.3 is 5.97 Å². The van der Waals surface area contributed by atoms with Crippen LogP contribution in [0.2, 0.25) is 0 Å². The molecule has 18 heavy (non-hydrogen) atoms. The van der Waals surface area contributed by atoms with E-state index in [1.54, 1.807) is 5.01 Å². The van der Waals surface area contributed by atoms with Crippen molar-refractivity contribution in [3.8, 4) is 0 Å². The first-order chi connectivity index (χ1) is 8.63. The van der Waals surface area contributed by atoms with Crippen molar-refractivity contribution in [1.29, 1.82) is 0 Å². The minimum Gasteiger partial charge on any atom is -0.467 e. The molecule has 0 saturated carbocycles. The van der Waals surface area contributed by atoms with Gasteiger partial charge < -0.3 is 4.74 Å². The molecule has 5 heteroatoms. The van der Waals surface area contributed by atoms with Crippen LogP contribution in [0.25, 0.3) is 0 Å². The van der Waals surface area contributed by atoms with Gasteiger partial charge in [0.25, 0.3) is 0 Å². The van der Waals surface area contributed by atoms with Crippen LogP contribution in [0.1, 0.15) is 18.9 Å². The summed E-state index contributed by atoms with van der Waals surface area (Å²) in [6.45, 7) is 1.42. The molecular formula is C13H16N2O3. The van der Waals surface area contributed by atoms with Crippen molar-refractivity contribution >= 4 is 17.6 Å². The number of amides is 1. The van der Waals surface area contributed by atoms with Gasteiger partial charge in [-0.1, -0.05) is 18.2 Å². The normalized spacial score (nSPS) is 17.9. The molecule has 0 radical (unpaired) electrons. The van der Waals surface area contributed by atoms with Gasteiger partial charge in [0, 0.05) is 6.92 Å². The summed E-state index contributed by atoms with van der Waals surface area (Å²) < 4.78 is 4.78. The topological polar surface area (TPSA) is 58.6 Å². The van der Waals surface area contributed by atoms with E-state index in [1.807, 2.05) is 24.3 Å². The summed E-state index contributed by atoms with van der Waals surface area (Å²) in [5, 5.41) is 1.60. The number of methoxy groups -OCH3 is 1. The van der Waals surface area contributed by atoms with E-state index in [1.165, 1.54) is 14.0 Å². The van der Waals surface area contributed by atoms with Crippen molar-refractivity contribution in [2.45, 2.75) is 25.8 Å². The third kappa shape index (κ3) is 2.30. The van der Waals surface area contributed by atoms with Gasteiger partial charge in [-0.2, -0.15) is 0 Å². The van der Waals surface area contributed by atoms with Crippen molar-refractivity contribution in [3.05, 3.63) is 29.8 Å². The Morgan fingerprint density at radius 1 is 1.39 bits per heavy atom. The fourth-order valence-electron chi connectivity index (χ4n) is 2.21. The number of esters is 1. The number of hydrazine groups is 1. The highest BCUT2D eigenvalue weighted by molar-refractivity contribution is 5.84. The second-order valence-electron chi connectivity index (χ2n) is 4.24. The number of ether oxygens (including phenoxy) is 1. The minimum absolute atomic E-state index is 0.208. The molecule has 1 aromatic carbocycles. The second-order valence-corrected chi connectivity index (χ2v) is 4.24. The lowest BCUT2D eigenvalue weighted by atomic mass is 9.97. The number of aryl methyl sites for hydroxylation is 1. The summed E-state index contributed by atoms with van der Waals surface area (Å²) in [6, 6.07) is 7.25. The van der Waals surface area contributed by atoms with Crippen molar-refractivity contribution in [1.82, 2.24) is 5.43 Å². The van der Waals surface area contributed by atoms with Crippen LogP contribution < -0.4 is 10.4 Å². The van der Waals surface area contributed by atoms with Crippen LogP contribution in [0.4, 0.5) is 5.69 Å². The first-order valence-electron chi connectivity index (χ1n) is 5.85. The van der Waals surface area contributed by atoms with E-state index in [0.717, 1.165) is 17.7 Å². The van der Waals surface area contributed by atoms with E-state index >= 15 is 0 Å². The number of anilines is 1. The summed E-state index contributed by atoms with van der Waals surface area (Å²) in [5.41, 5.74) is 4.67. The van der Waals surface area contributed by atoms with Gasteiger partial charge in [-0.15, -0.1) is 0 Å². The number of carbonyl (C=O) groups is 2. The fourth-order valence-corrected chi connectivity index (χ4v) is 2.21. The molecule has 5 nitrogen and oxygen atoms in total. The van der Waals surface area contributed by atoms with Crippen LogP contribution in [-0.4, -0.2) is 25.0 Å². The lowest BCUT2D eigenvalue weighted by Gasteiger charge is -2.36. The summed E-state index contributed by atoms with van der Waals surface area (Å²) >= 11 is 0. The van der Waals surface area contributed by atoms with E-state index in [2.05, 4.69) is 5.43 Å². The Balaban J connectivity index is 2.36. The zero-order valence-electron chi connectivity index (χ0n) is 10.5. The molecule has 1 amide bonds. The molecule has 0 saturated heterocycles. The van der Waals surface area contributed by atoms with E-state index in [9.17, 15) is 9.59 Å². The molecule has 1 aliphatic heterocycles. The largest absolute Gasteiger partial charge is 0.467 e. The van der Waals surface area contributed by atoms with E-state index in [4.69, 9.17) is 4.74 Å². The number of hydrogen-bond acceptors (Lipinski definition) is 4. The summed E-state index contributed by atoms with van der Waals surface area (Å²) in [5.74, 6) is -0.543. The predicted molar refractivity (Wildman–Crippen MR) is 66.9 cm³/mol. The molecule has 1 aliphatic rings. The molecule has 0 aromatic heterocycles. The number of nitrogens with zero attached hydrogens (tertiary/aromatic N) is 1. The highest BCUT2D eigenvalue weighted by Gasteiger charge is 2.32. The van der Waals surface area contributed by atoms with Crippen LogP contribution in [-0.2, 0) is 20.7 Å². The fraction of sp³-hybridized carbons (Fsp3) is 0.385. The average molecular weight is 248 g/mol. The molecule has 0 spiro atoms. The molecule has 1 aromatic rings. The molecule has 1 unspecified atom stereocenters. The molecular weight excluding hydrogens is 232 g/mol. The SMILES string of the molecule is COC(=O)C1CCc2ccccc2N1NC(C)=O. The molecule has 0 bridgehead atoms. The van der Waals surface area contributed by atoms with Gasteiger partial charge in [0.2, 0.25) is 5.91 Å². The monoisotopic (exact) mass is 248 g/mol. The number of nitrogens with one attached hydrogen (secondary N) is 1. The van der Waals surface area contributed by atoms with Crippen molar-refractivity contribution in [2.75, 3.05) is 12.1 Å². The summed E-state index contributed by atoms with van der Waals surface area (Å²) in [4.78, 5) is 23.0. The maximum Gasteiger partial charge on any atom is 0.330 e. The number of para-hydroxylation sites is 1. The van der Waals surface area contributed by atoms with Crippen LogP contribution in [0.15, 0.2) is 24.3 Å². The maximum atomic E-state index is 11.8. The second kappa shape index (κ2) is 5.08. The summed E-state index contributed by atoms with van der Waals surface area (Å²) in [7, 11) is 1.36. The Bertz CT molecular complexity index is 473.